The SMILES string of the molecule is Cc1nc2cnc(F)c(C#N)c2c(=O)[nH]1. The summed E-state index contributed by atoms with van der Waals surface area (Å²) in [7, 11) is 0. The van der Waals surface area contributed by atoms with Crippen molar-refractivity contribution in [2.75, 3.05) is 0 Å². The van der Waals surface area contributed by atoms with Crippen molar-refractivity contribution >= 4 is 10.9 Å². The number of aryl methyl sites for hydroxylation is 1. The molecule has 15 heavy (non-hydrogen) atoms. The third-order valence-corrected chi connectivity index (χ3v) is 1.93. The summed E-state index contributed by atoms with van der Waals surface area (Å²) in [4.78, 5) is 21.2. The molecule has 0 aromatic carbocycles. The van der Waals surface area contributed by atoms with E-state index in [1.54, 1.807) is 13.0 Å². The summed E-state index contributed by atoms with van der Waals surface area (Å²) in [5.74, 6) is -0.564. The second kappa shape index (κ2) is 3.13. The molecule has 0 saturated carbocycles. The van der Waals surface area contributed by atoms with Gasteiger partial charge in [0.25, 0.3) is 5.56 Å². The zero-order chi connectivity index (χ0) is 11.0. The fourth-order valence-corrected chi connectivity index (χ4v) is 1.33. The number of hydrogen-bond acceptors (Lipinski definition) is 4. The van der Waals surface area contributed by atoms with Gasteiger partial charge in [-0.15, -0.1) is 0 Å². The third-order valence-electron chi connectivity index (χ3n) is 1.93. The molecule has 1 N–H and O–H groups in total. The number of fused-ring (bicyclic) bond motifs is 1. The first-order valence-corrected chi connectivity index (χ1v) is 4.08. The minimum absolute atomic E-state index is 0.0596. The second-order valence-electron chi connectivity index (χ2n) is 2.95. The first-order chi connectivity index (χ1) is 7.13. The Hall–Kier alpha value is -2.29. The van der Waals surface area contributed by atoms with Crippen LogP contribution in [0, 0.1) is 24.2 Å². The van der Waals surface area contributed by atoms with Crippen LogP contribution in [0.15, 0.2) is 11.0 Å². The normalized spacial score (nSPS) is 10.2. The largest absolute Gasteiger partial charge is 0.310 e. The van der Waals surface area contributed by atoms with Crippen molar-refractivity contribution in [1.82, 2.24) is 15.0 Å². The number of halogens is 1. The van der Waals surface area contributed by atoms with Gasteiger partial charge in [-0.1, -0.05) is 0 Å². The summed E-state index contributed by atoms with van der Waals surface area (Å²) in [5.41, 5.74) is -0.689. The summed E-state index contributed by atoms with van der Waals surface area (Å²) in [6.45, 7) is 1.59. The van der Waals surface area contributed by atoms with Crippen molar-refractivity contribution < 1.29 is 4.39 Å². The van der Waals surface area contributed by atoms with E-state index >= 15 is 0 Å². The smallest absolute Gasteiger partial charge is 0.260 e. The van der Waals surface area contributed by atoms with Gasteiger partial charge in [-0.25, -0.2) is 9.97 Å². The van der Waals surface area contributed by atoms with Crippen molar-refractivity contribution in [1.29, 1.82) is 5.26 Å². The van der Waals surface area contributed by atoms with Gasteiger partial charge in [0.2, 0.25) is 5.95 Å². The van der Waals surface area contributed by atoms with Gasteiger partial charge >= 0.3 is 0 Å². The van der Waals surface area contributed by atoms with Gasteiger partial charge in [0.15, 0.2) is 0 Å². The lowest BCUT2D eigenvalue weighted by atomic mass is 10.2. The lowest BCUT2D eigenvalue weighted by molar-refractivity contribution is 0.582. The highest BCUT2D eigenvalue weighted by Gasteiger charge is 2.12. The molecule has 0 radical (unpaired) electrons. The van der Waals surface area contributed by atoms with Gasteiger partial charge in [-0.3, -0.25) is 4.79 Å². The Kier molecular flexibility index (Phi) is 1.94. The molecule has 2 heterocycles. The van der Waals surface area contributed by atoms with Crippen LogP contribution < -0.4 is 5.56 Å². The van der Waals surface area contributed by atoms with Crippen molar-refractivity contribution in [3.8, 4) is 6.07 Å². The highest BCUT2D eigenvalue weighted by atomic mass is 19.1. The predicted octanol–water partition coefficient (Wildman–Crippen LogP) is 0.637. The number of hydrogen-bond donors (Lipinski definition) is 1. The van der Waals surface area contributed by atoms with Crippen LogP contribution in [0.5, 0.6) is 0 Å². The standard InChI is InChI=1S/C9H5FN4O/c1-4-13-6-3-12-8(10)5(2-11)7(6)9(15)14-4/h3H,1H3,(H,13,14,15). The van der Waals surface area contributed by atoms with E-state index in [2.05, 4.69) is 15.0 Å². The van der Waals surface area contributed by atoms with Gasteiger partial charge in [0.05, 0.1) is 17.1 Å². The van der Waals surface area contributed by atoms with Crippen LogP contribution in [0.2, 0.25) is 0 Å². The fourth-order valence-electron chi connectivity index (χ4n) is 1.33. The minimum atomic E-state index is -0.957. The predicted molar refractivity (Wildman–Crippen MR) is 49.6 cm³/mol. The maximum atomic E-state index is 13.1. The van der Waals surface area contributed by atoms with Crippen LogP contribution >= 0.6 is 0 Å². The molecule has 0 spiro atoms. The molecule has 0 fully saturated rings. The summed E-state index contributed by atoms with van der Waals surface area (Å²) in [6.07, 6.45) is 1.13. The zero-order valence-electron chi connectivity index (χ0n) is 7.71. The zero-order valence-corrected chi connectivity index (χ0v) is 7.71. The van der Waals surface area contributed by atoms with E-state index in [-0.39, 0.29) is 16.5 Å². The second-order valence-corrected chi connectivity index (χ2v) is 2.95. The lowest BCUT2D eigenvalue weighted by Crippen LogP contribution is -2.12. The van der Waals surface area contributed by atoms with Gasteiger partial charge in [0.1, 0.15) is 17.5 Å². The van der Waals surface area contributed by atoms with E-state index < -0.39 is 11.5 Å². The molecule has 2 aromatic rings. The molecular formula is C9H5FN4O. The van der Waals surface area contributed by atoms with Gasteiger partial charge in [-0.05, 0) is 6.92 Å². The number of H-pyrrole nitrogens is 1. The molecular weight excluding hydrogens is 199 g/mol. The number of nitrogens with zero attached hydrogens (tertiary/aromatic N) is 3. The molecule has 0 bridgehead atoms. The Balaban J connectivity index is 3.07. The Morgan fingerprint density at radius 3 is 3.00 bits per heavy atom. The fraction of sp³-hybridized carbons (Fsp3) is 0.111. The van der Waals surface area contributed by atoms with Gasteiger partial charge < -0.3 is 4.98 Å². The van der Waals surface area contributed by atoms with Crippen LogP contribution in [0.3, 0.4) is 0 Å². The molecule has 0 aliphatic rings. The van der Waals surface area contributed by atoms with Crippen molar-refractivity contribution in [2.45, 2.75) is 6.92 Å². The van der Waals surface area contributed by atoms with Crippen LogP contribution in [0.25, 0.3) is 10.9 Å². The number of aromatic amines is 1. The summed E-state index contributed by atoms with van der Waals surface area (Å²) in [5, 5.41) is 8.64. The van der Waals surface area contributed by atoms with E-state index in [1.807, 2.05) is 0 Å². The van der Waals surface area contributed by atoms with E-state index in [9.17, 15) is 9.18 Å². The van der Waals surface area contributed by atoms with Crippen molar-refractivity contribution in [3.05, 3.63) is 33.9 Å². The highest BCUT2D eigenvalue weighted by molar-refractivity contribution is 5.82. The monoisotopic (exact) mass is 204 g/mol. The molecule has 5 nitrogen and oxygen atoms in total. The molecule has 0 aliphatic heterocycles. The van der Waals surface area contributed by atoms with Crippen molar-refractivity contribution in [2.24, 2.45) is 0 Å². The van der Waals surface area contributed by atoms with E-state index in [0.29, 0.717) is 5.82 Å². The average molecular weight is 204 g/mol. The number of nitrogens with one attached hydrogen (secondary N) is 1. The summed E-state index contributed by atoms with van der Waals surface area (Å²) in [6, 6.07) is 1.60. The van der Waals surface area contributed by atoms with Gasteiger partial charge in [-0.2, -0.15) is 9.65 Å². The maximum absolute atomic E-state index is 13.1. The first kappa shape index (κ1) is 9.27. The topological polar surface area (TPSA) is 82.4 Å². The number of rotatable bonds is 0. The van der Waals surface area contributed by atoms with Crippen molar-refractivity contribution in [3.63, 3.8) is 0 Å². The van der Waals surface area contributed by atoms with Crippen LogP contribution in [0.4, 0.5) is 4.39 Å². The Morgan fingerprint density at radius 1 is 1.60 bits per heavy atom. The summed E-state index contributed by atoms with van der Waals surface area (Å²) >= 11 is 0. The first-order valence-electron chi connectivity index (χ1n) is 4.08. The molecule has 0 aliphatic carbocycles. The third kappa shape index (κ3) is 1.34. The number of aromatic nitrogens is 3. The summed E-state index contributed by atoms with van der Waals surface area (Å²) < 4.78 is 13.1. The Labute approximate surface area is 83.2 Å². The lowest BCUT2D eigenvalue weighted by Gasteiger charge is -1.99. The Bertz CT molecular complexity index is 641. The van der Waals surface area contributed by atoms with E-state index in [0.717, 1.165) is 6.20 Å². The van der Waals surface area contributed by atoms with E-state index in [4.69, 9.17) is 5.26 Å². The van der Waals surface area contributed by atoms with Crippen LogP contribution in [0.1, 0.15) is 11.4 Å². The van der Waals surface area contributed by atoms with E-state index in [1.165, 1.54) is 0 Å². The molecule has 2 aromatic heterocycles. The number of nitriles is 1. The molecule has 0 atom stereocenters. The van der Waals surface area contributed by atoms with Crippen LogP contribution in [-0.4, -0.2) is 15.0 Å². The number of pyridine rings is 1. The Morgan fingerprint density at radius 2 is 2.33 bits per heavy atom. The molecule has 0 amide bonds. The molecule has 2 rings (SSSR count). The quantitative estimate of drug-likeness (QED) is 0.638. The minimum Gasteiger partial charge on any atom is -0.310 e. The molecule has 0 saturated heterocycles. The highest BCUT2D eigenvalue weighted by Crippen LogP contribution is 2.13. The molecule has 74 valence electrons. The molecule has 6 heteroatoms. The molecule has 0 unspecified atom stereocenters. The maximum Gasteiger partial charge on any atom is 0.260 e. The average Bonchev–Trinajstić information content (AvgIpc) is 2.18. The van der Waals surface area contributed by atoms with Crippen LogP contribution in [-0.2, 0) is 0 Å². The van der Waals surface area contributed by atoms with Gasteiger partial charge in [0, 0.05) is 0 Å².